The van der Waals surface area contributed by atoms with Gasteiger partial charge in [0.1, 0.15) is 18.0 Å². The van der Waals surface area contributed by atoms with E-state index in [9.17, 15) is 4.39 Å². The average Bonchev–Trinajstić information content (AvgIpc) is 2.85. The lowest BCUT2D eigenvalue weighted by Crippen LogP contribution is -2.39. The summed E-state index contributed by atoms with van der Waals surface area (Å²) in [5, 5.41) is 9.08. The first-order valence-corrected chi connectivity index (χ1v) is 11.8. The molecule has 1 aliphatic heterocycles. The standard InChI is InChI=1S/C25H24BrFN4O3.2ClH/c1-32-23-10-15-8-19-22(29-14-30-25(19)31-21-3-2-17(26)12-20(21)27)9-16(15)11-24(23)34-6-4-18-13-28-5-7-33-18;;/h2-3,8-12,14,18,28H,4-7,13H2,1H3,(H,29,30,31);2*1H. The van der Waals surface area contributed by atoms with Gasteiger partial charge in [0.2, 0.25) is 0 Å². The van der Waals surface area contributed by atoms with Crippen molar-refractivity contribution in [2.75, 3.05) is 38.7 Å². The van der Waals surface area contributed by atoms with Crippen LogP contribution in [0.15, 0.2) is 53.3 Å². The lowest BCUT2D eigenvalue weighted by atomic mass is 10.1. The highest BCUT2D eigenvalue weighted by molar-refractivity contribution is 9.10. The molecule has 2 heterocycles. The smallest absolute Gasteiger partial charge is 0.161 e. The number of aromatic nitrogens is 2. The fourth-order valence-electron chi connectivity index (χ4n) is 4.01. The highest BCUT2D eigenvalue weighted by Gasteiger charge is 2.15. The summed E-state index contributed by atoms with van der Waals surface area (Å²) in [5.74, 6) is 1.45. The second kappa shape index (κ2) is 12.7. The molecular formula is C25H26BrCl2FN4O3. The first kappa shape index (κ1) is 28.1. The summed E-state index contributed by atoms with van der Waals surface area (Å²) in [6.07, 6.45) is 2.41. The van der Waals surface area contributed by atoms with Gasteiger partial charge < -0.3 is 24.8 Å². The topological polar surface area (TPSA) is 77.5 Å². The van der Waals surface area contributed by atoms with Crippen molar-refractivity contribution < 1.29 is 18.6 Å². The molecule has 1 fully saturated rings. The van der Waals surface area contributed by atoms with Crippen molar-refractivity contribution >= 4 is 73.9 Å². The van der Waals surface area contributed by atoms with Crippen LogP contribution in [0.5, 0.6) is 11.5 Å². The number of nitrogens with zero attached hydrogens (tertiary/aromatic N) is 2. The third kappa shape index (κ3) is 6.27. The van der Waals surface area contributed by atoms with Crippen LogP contribution in [-0.2, 0) is 4.74 Å². The Bertz CT molecular complexity index is 1340. The van der Waals surface area contributed by atoms with E-state index in [4.69, 9.17) is 14.2 Å². The third-order valence-corrected chi connectivity index (χ3v) is 6.26. The summed E-state index contributed by atoms with van der Waals surface area (Å²) in [6, 6.07) is 12.7. The molecule has 1 unspecified atom stereocenters. The van der Waals surface area contributed by atoms with Crippen molar-refractivity contribution in [2.45, 2.75) is 12.5 Å². The number of anilines is 2. The van der Waals surface area contributed by atoms with Crippen LogP contribution >= 0.6 is 40.7 Å². The van der Waals surface area contributed by atoms with Crippen molar-refractivity contribution in [3.8, 4) is 11.5 Å². The molecule has 1 saturated heterocycles. The first-order valence-electron chi connectivity index (χ1n) is 11.0. The zero-order chi connectivity index (χ0) is 23.5. The molecule has 0 saturated carbocycles. The quantitative estimate of drug-likeness (QED) is 0.251. The van der Waals surface area contributed by atoms with Crippen molar-refractivity contribution in [1.29, 1.82) is 0 Å². The number of ether oxygens (including phenoxy) is 3. The number of hydrogen-bond acceptors (Lipinski definition) is 7. The molecule has 0 spiro atoms. The van der Waals surface area contributed by atoms with Gasteiger partial charge in [0, 0.05) is 29.4 Å². The predicted octanol–water partition coefficient (Wildman–Crippen LogP) is 6.04. The van der Waals surface area contributed by atoms with Crippen LogP contribution in [0.2, 0.25) is 0 Å². The van der Waals surface area contributed by atoms with Crippen molar-refractivity contribution in [3.63, 3.8) is 0 Å². The Morgan fingerprint density at radius 3 is 2.67 bits per heavy atom. The molecule has 5 rings (SSSR count). The van der Waals surface area contributed by atoms with Crippen LogP contribution in [0.1, 0.15) is 6.42 Å². The number of fused-ring (bicyclic) bond motifs is 2. The minimum Gasteiger partial charge on any atom is -0.493 e. The molecule has 0 radical (unpaired) electrons. The van der Waals surface area contributed by atoms with E-state index in [1.165, 1.54) is 12.4 Å². The van der Waals surface area contributed by atoms with Crippen LogP contribution < -0.4 is 20.1 Å². The van der Waals surface area contributed by atoms with Gasteiger partial charge in [-0.05, 0) is 53.2 Å². The van der Waals surface area contributed by atoms with Crippen LogP contribution in [0, 0.1) is 5.82 Å². The number of nitrogens with one attached hydrogen (secondary N) is 2. The van der Waals surface area contributed by atoms with Gasteiger partial charge in [-0.15, -0.1) is 24.8 Å². The van der Waals surface area contributed by atoms with Gasteiger partial charge in [0.15, 0.2) is 11.5 Å². The Morgan fingerprint density at radius 1 is 1.11 bits per heavy atom. The lowest BCUT2D eigenvalue weighted by molar-refractivity contribution is 0.0157. The minimum absolute atomic E-state index is 0. The Labute approximate surface area is 229 Å². The first-order chi connectivity index (χ1) is 16.6. The summed E-state index contributed by atoms with van der Waals surface area (Å²) in [5.41, 5.74) is 1.07. The number of hydrogen-bond donors (Lipinski definition) is 2. The second-order valence-electron chi connectivity index (χ2n) is 8.03. The number of halogens is 4. The van der Waals surface area contributed by atoms with Crippen molar-refractivity contribution in [3.05, 3.63) is 59.1 Å². The molecule has 1 aromatic heterocycles. The molecule has 36 heavy (non-hydrogen) atoms. The summed E-state index contributed by atoms with van der Waals surface area (Å²) in [7, 11) is 1.62. The molecule has 192 valence electrons. The largest absolute Gasteiger partial charge is 0.493 e. The van der Waals surface area contributed by atoms with E-state index < -0.39 is 0 Å². The fraction of sp³-hybridized carbons (Fsp3) is 0.280. The van der Waals surface area contributed by atoms with E-state index in [-0.39, 0.29) is 36.7 Å². The number of morpholine rings is 1. The highest BCUT2D eigenvalue weighted by atomic mass is 79.9. The molecule has 1 aliphatic rings. The Kier molecular flexibility index (Phi) is 9.92. The van der Waals surface area contributed by atoms with E-state index >= 15 is 0 Å². The maximum absolute atomic E-state index is 14.4. The molecular weight excluding hydrogens is 574 g/mol. The Balaban J connectivity index is 0.00000180. The average molecular weight is 600 g/mol. The second-order valence-corrected chi connectivity index (χ2v) is 8.94. The van der Waals surface area contributed by atoms with Crippen LogP contribution in [-0.4, -0.2) is 49.5 Å². The van der Waals surface area contributed by atoms with Crippen molar-refractivity contribution in [2.24, 2.45) is 0 Å². The summed E-state index contributed by atoms with van der Waals surface area (Å²) < 4.78 is 32.4. The summed E-state index contributed by atoms with van der Waals surface area (Å²) in [4.78, 5) is 8.76. The molecule has 4 aromatic rings. The van der Waals surface area contributed by atoms with E-state index in [1.54, 1.807) is 19.2 Å². The monoisotopic (exact) mass is 598 g/mol. The van der Waals surface area contributed by atoms with Crippen LogP contribution in [0.3, 0.4) is 0 Å². The maximum atomic E-state index is 14.4. The highest BCUT2D eigenvalue weighted by Crippen LogP contribution is 2.36. The van der Waals surface area contributed by atoms with Crippen molar-refractivity contribution in [1.82, 2.24) is 15.3 Å². The zero-order valence-corrected chi connectivity index (χ0v) is 22.6. The van der Waals surface area contributed by atoms with E-state index in [1.807, 2.05) is 24.3 Å². The molecule has 7 nitrogen and oxygen atoms in total. The van der Waals surface area contributed by atoms with E-state index in [2.05, 4.69) is 36.5 Å². The molecule has 2 N–H and O–H groups in total. The van der Waals surface area contributed by atoms with Gasteiger partial charge in [0.05, 0.1) is 37.6 Å². The van der Waals surface area contributed by atoms with Gasteiger partial charge in [-0.25, -0.2) is 14.4 Å². The minimum atomic E-state index is -0.375. The summed E-state index contributed by atoms with van der Waals surface area (Å²) in [6.45, 7) is 2.98. The van der Waals surface area contributed by atoms with Crippen LogP contribution in [0.25, 0.3) is 21.7 Å². The Morgan fingerprint density at radius 2 is 1.92 bits per heavy atom. The summed E-state index contributed by atoms with van der Waals surface area (Å²) >= 11 is 3.28. The molecule has 0 amide bonds. The molecule has 1 atom stereocenters. The normalized spacial score (nSPS) is 15.1. The third-order valence-electron chi connectivity index (χ3n) is 5.76. The zero-order valence-electron chi connectivity index (χ0n) is 19.4. The van der Waals surface area contributed by atoms with Gasteiger partial charge in [0.25, 0.3) is 0 Å². The fourth-order valence-corrected chi connectivity index (χ4v) is 4.34. The number of rotatable bonds is 7. The predicted molar refractivity (Wildman–Crippen MR) is 148 cm³/mol. The molecule has 0 aliphatic carbocycles. The molecule has 0 bridgehead atoms. The van der Waals surface area contributed by atoms with Gasteiger partial charge in [-0.3, -0.25) is 0 Å². The van der Waals surface area contributed by atoms with Gasteiger partial charge in [-0.2, -0.15) is 0 Å². The number of benzene rings is 3. The van der Waals surface area contributed by atoms with Gasteiger partial charge >= 0.3 is 0 Å². The van der Waals surface area contributed by atoms with E-state index in [0.717, 1.165) is 47.8 Å². The molecule has 11 heteroatoms. The van der Waals surface area contributed by atoms with Crippen LogP contribution in [0.4, 0.5) is 15.9 Å². The van der Waals surface area contributed by atoms with Gasteiger partial charge in [-0.1, -0.05) is 15.9 Å². The lowest BCUT2D eigenvalue weighted by Gasteiger charge is -2.23. The SMILES string of the molecule is COc1cc2cc3c(Nc4ccc(Br)cc4F)ncnc3cc2cc1OCCC1CNCCO1.Cl.Cl. The molecule has 3 aromatic carbocycles. The maximum Gasteiger partial charge on any atom is 0.161 e. The Hall–Kier alpha value is -2.43. The van der Waals surface area contributed by atoms with E-state index in [0.29, 0.717) is 34.1 Å². The number of methoxy groups -OCH3 is 1.